The van der Waals surface area contributed by atoms with Gasteiger partial charge in [-0.1, -0.05) is 0 Å². The quantitative estimate of drug-likeness (QED) is 0.674. The molecule has 0 aliphatic carbocycles. The molecule has 0 saturated heterocycles. The maximum Gasteiger partial charge on any atom is 0.305 e. The number of carboxylic acids is 1. The normalized spacial score (nSPS) is 11.2. The zero-order valence-electron chi connectivity index (χ0n) is 9.62. The fourth-order valence-corrected chi connectivity index (χ4v) is 1.19. The van der Waals surface area contributed by atoms with Gasteiger partial charge in [-0.15, -0.1) is 0 Å². The van der Waals surface area contributed by atoms with Crippen molar-refractivity contribution in [3.05, 3.63) is 0 Å². The van der Waals surface area contributed by atoms with Crippen molar-refractivity contribution < 1.29 is 14.7 Å². The van der Waals surface area contributed by atoms with E-state index in [0.717, 1.165) is 0 Å². The van der Waals surface area contributed by atoms with Crippen LogP contribution in [0.5, 0.6) is 0 Å². The van der Waals surface area contributed by atoms with E-state index in [2.05, 4.69) is 0 Å². The highest BCUT2D eigenvalue weighted by molar-refractivity contribution is 5.78. The number of rotatable bonds is 6. The van der Waals surface area contributed by atoms with Crippen LogP contribution in [0.4, 0.5) is 0 Å². The van der Waals surface area contributed by atoms with E-state index >= 15 is 0 Å². The highest BCUT2D eigenvalue weighted by atomic mass is 16.4. The first-order chi connectivity index (χ1) is 6.76. The Hall–Kier alpha value is -1.10. The standard InChI is InChI=1S/C10H20N2O3/c1-4-12(6-5-9(14)15)8(13)7-10(2,3)11/h4-7,11H2,1-3H3,(H,14,15). The third-order valence-electron chi connectivity index (χ3n) is 1.94. The molecule has 88 valence electrons. The molecule has 0 atom stereocenters. The van der Waals surface area contributed by atoms with E-state index in [9.17, 15) is 9.59 Å². The first-order valence-corrected chi connectivity index (χ1v) is 5.04. The summed E-state index contributed by atoms with van der Waals surface area (Å²) in [6.07, 6.45) is 0.213. The minimum Gasteiger partial charge on any atom is -0.481 e. The summed E-state index contributed by atoms with van der Waals surface area (Å²) in [5.41, 5.74) is 5.17. The molecule has 0 aromatic heterocycles. The van der Waals surface area contributed by atoms with Gasteiger partial charge in [-0.2, -0.15) is 0 Å². The van der Waals surface area contributed by atoms with Gasteiger partial charge < -0.3 is 15.7 Å². The second kappa shape index (κ2) is 5.70. The smallest absolute Gasteiger partial charge is 0.305 e. The van der Waals surface area contributed by atoms with E-state index in [0.29, 0.717) is 6.54 Å². The van der Waals surface area contributed by atoms with Crippen LogP contribution < -0.4 is 5.73 Å². The van der Waals surface area contributed by atoms with E-state index < -0.39 is 11.5 Å². The average Bonchev–Trinajstić information content (AvgIpc) is 2.01. The van der Waals surface area contributed by atoms with Gasteiger partial charge in [0.05, 0.1) is 6.42 Å². The predicted molar refractivity (Wildman–Crippen MR) is 57.4 cm³/mol. The number of amides is 1. The summed E-state index contributed by atoms with van der Waals surface area (Å²) >= 11 is 0. The zero-order chi connectivity index (χ0) is 12.1. The molecule has 0 fully saturated rings. The molecule has 5 heteroatoms. The van der Waals surface area contributed by atoms with Gasteiger partial charge in [0.15, 0.2) is 0 Å². The van der Waals surface area contributed by atoms with Crippen molar-refractivity contribution in [3.63, 3.8) is 0 Å². The average molecular weight is 216 g/mol. The van der Waals surface area contributed by atoms with Crippen LogP contribution in [-0.2, 0) is 9.59 Å². The van der Waals surface area contributed by atoms with Gasteiger partial charge >= 0.3 is 5.97 Å². The molecule has 0 heterocycles. The van der Waals surface area contributed by atoms with Crippen LogP contribution >= 0.6 is 0 Å². The van der Waals surface area contributed by atoms with E-state index in [1.807, 2.05) is 6.92 Å². The maximum absolute atomic E-state index is 11.7. The topological polar surface area (TPSA) is 83.6 Å². The number of carbonyl (C=O) groups excluding carboxylic acids is 1. The number of nitrogens with zero attached hydrogens (tertiary/aromatic N) is 1. The number of hydrogen-bond acceptors (Lipinski definition) is 3. The van der Waals surface area contributed by atoms with Crippen molar-refractivity contribution >= 4 is 11.9 Å². The molecular weight excluding hydrogens is 196 g/mol. The third-order valence-corrected chi connectivity index (χ3v) is 1.94. The summed E-state index contributed by atoms with van der Waals surface area (Å²) in [5.74, 6) is -0.987. The summed E-state index contributed by atoms with van der Waals surface area (Å²) in [4.78, 5) is 23.5. The van der Waals surface area contributed by atoms with Crippen LogP contribution in [0.15, 0.2) is 0 Å². The van der Waals surface area contributed by atoms with Crippen LogP contribution in [0, 0.1) is 0 Å². The van der Waals surface area contributed by atoms with E-state index in [1.165, 1.54) is 4.90 Å². The highest BCUT2D eigenvalue weighted by Gasteiger charge is 2.20. The SMILES string of the molecule is CCN(CCC(=O)O)C(=O)CC(C)(C)N. The number of carbonyl (C=O) groups is 2. The summed E-state index contributed by atoms with van der Waals surface area (Å²) in [6, 6.07) is 0. The molecule has 0 rings (SSSR count). The Bertz CT molecular complexity index is 233. The monoisotopic (exact) mass is 216 g/mol. The molecule has 3 N–H and O–H groups in total. The molecule has 0 aliphatic rings. The largest absolute Gasteiger partial charge is 0.481 e. The minimum atomic E-state index is -0.895. The lowest BCUT2D eigenvalue weighted by atomic mass is 10.0. The van der Waals surface area contributed by atoms with Crippen molar-refractivity contribution in [2.75, 3.05) is 13.1 Å². The zero-order valence-corrected chi connectivity index (χ0v) is 9.62. The molecule has 0 radical (unpaired) electrons. The Kier molecular flexibility index (Phi) is 5.28. The van der Waals surface area contributed by atoms with Crippen LogP contribution in [0.25, 0.3) is 0 Å². The van der Waals surface area contributed by atoms with Gasteiger partial charge in [0.1, 0.15) is 0 Å². The van der Waals surface area contributed by atoms with Crippen LogP contribution in [0.3, 0.4) is 0 Å². The number of carboxylic acid groups (broad SMARTS) is 1. The molecule has 0 bridgehead atoms. The molecule has 0 unspecified atom stereocenters. The Labute approximate surface area is 90.2 Å². The molecular formula is C10H20N2O3. The first-order valence-electron chi connectivity index (χ1n) is 5.04. The third kappa shape index (κ3) is 6.90. The Morgan fingerprint density at radius 3 is 2.27 bits per heavy atom. The van der Waals surface area contributed by atoms with Gasteiger partial charge in [0, 0.05) is 25.0 Å². The number of hydrogen-bond donors (Lipinski definition) is 2. The molecule has 0 spiro atoms. The molecule has 0 aromatic carbocycles. The fraction of sp³-hybridized carbons (Fsp3) is 0.800. The second-order valence-corrected chi connectivity index (χ2v) is 4.28. The molecule has 0 aliphatic heterocycles. The Morgan fingerprint density at radius 1 is 1.40 bits per heavy atom. The Balaban J connectivity index is 4.16. The highest BCUT2D eigenvalue weighted by Crippen LogP contribution is 2.07. The van der Waals surface area contributed by atoms with Crippen LogP contribution in [0.1, 0.15) is 33.6 Å². The second-order valence-electron chi connectivity index (χ2n) is 4.28. The van der Waals surface area contributed by atoms with Gasteiger partial charge in [-0.25, -0.2) is 0 Å². The predicted octanol–water partition coefficient (Wildman–Crippen LogP) is 0.437. The van der Waals surface area contributed by atoms with E-state index in [4.69, 9.17) is 10.8 Å². The van der Waals surface area contributed by atoms with Crippen molar-refractivity contribution in [2.45, 2.75) is 39.2 Å². The fourth-order valence-electron chi connectivity index (χ4n) is 1.19. The number of aliphatic carboxylic acids is 1. The number of nitrogens with two attached hydrogens (primary N) is 1. The summed E-state index contributed by atoms with van der Waals surface area (Å²) in [5, 5.41) is 8.51. The Morgan fingerprint density at radius 2 is 1.93 bits per heavy atom. The van der Waals surface area contributed by atoms with E-state index in [-0.39, 0.29) is 25.3 Å². The maximum atomic E-state index is 11.7. The molecule has 1 amide bonds. The van der Waals surface area contributed by atoms with Gasteiger partial charge in [-0.05, 0) is 20.8 Å². The summed E-state index contributed by atoms with van der Waals surface area (Å²) in [6.45, 7) is 6.14. The lowest BCUT2D eigenvalue weighted by Gasteiger charge is -2.25. The van der Waals surface area contributed by atoms with Gasteiger partial charge in [0.25, 0.3) is 0 Å². The van der Waals surface area contributed by atoms with Crippen LogP contribution in [-0.4, -0.2) is 40.5 Å². The van der Waals surface area contributed by atoms with E-state index in [1.54, 1.807) is 13.8 Å². The molecule has 0 aromatic rings. The molecule has 0 saturated carbocycles. The lowest BCUT2D eigenvalue weighted by molar-refractivity contribution is -0.138. The summed E-state index contributed by atoms with van der Waals surface area (Å²) in [7, 11) is 0. The molecule has 5 nitrogen and oxygen atoms in total. The first kappa shape index (κ1) is 13.9. The lowest BCUT2D eigenvalue weighted by Crippen LogP contribution is -2.41. The van der Waals surface area contributed by atoms with Crippen LogP contribution in [0.2, 0.25) is 0 Å². The summed E-state index contributed by atoms with van der Waals surface area (Å²) < 4.78 is 0. The van der Waals surface area contributed by atoms with Gasteiger partial charge in [0.2, 0.25) is 5.91 Å². The van der Waals surface area contributed by atoms with Crippen molar-refractivity contribution in [3.8, 4) is 0 Å². The molecule has 15 heavy (non-hydrogen) atoms. The van der Waals surface area contributed by atoms with Gasteiger partial charge in [-0.3, -0.25) is 9.59 Å². The van der Waals surface area contributed by atoms with Crippen molar-refractivity contribution in [1.82, 2.24) is 4.90 Å². The minimum absolute atomic E-state index is 0.0232. The van der Waals surface area contributed by atoms with Crippen molar-refractivity contribution in [1.29, 1.82) is 0 Å². The van der Waals surface area contributed by atoms with Crippen molar-refractivity contribution in [2.24, 2.45) is 5.73 Å².